The lowest BCUT2D eigenvalue weighted by molar-refractivity contribution is 0.102. The lowest BCUT2D eigenvalue weighted by Crippen LogP contribution is -2.32. The van der Waals surface area contributed by atoms with Gasteiger partial charge in [0, 0.05) is 29.4 Å². The van der Waals surface area contributed by atoms with E-state index < -0.39 is 10.0 Å². The fraction of sp³-hybridized carbons (Fsp3) is 0.280. The van der Waals surface area contributed by atoms with Gasteiger partial charge in [-0.2, -0.15) is 4.31 Å². The number of carbonyl (C=O) groups excluding carboxylic acids is 1. The molecule has 0 aliphatic rings. The van der Waals surface area contributed by atoms with Gasteiger partial charge in [-0.25, -0.2) is 13.4 Å². The number of rotatable bonds is 10. The quantitative estimate of drug-likeness (QED) is 0.295. The number of carbonyl (C=O) groups is 1. The van der Waals surface area contributed by atoms with E-state index in [0.29, 0.717) is 40.8 Å². The molecule has 0 atom stereocenters. The summed E-state index contributed by atoms with van der Waals surface area (Å²) >= 11 is 1.28. The number of hydrogen-bond donors (Lipinski definition) is 1. The second-order valence-electron chi connectivity index (χ2n) is 7.93. The van der Waals surface area contributed by atoms with Gasteiger partial charge in [0.2, 0.25) is 10.0 Å². The number of nitrogens with zero attached hydrogens (tertiary/aromatic N) is 2. The van der Waals surface area contributed by atoms with Crippen molar-refractivity contribution in [1.29, 1.82) is 0 Å². The van der Waals surface area contributed by atoms with Gasteiger partial charge >= 0.3 is 0 Å². The first-order valence-corrected chi connectivity index (χ1v) is 13.6. The van der Waals surface area contributed by atoms with Crippen LogP contribution in [0.1, 0.15) is 37.0 Å². The molecule has 8 nitrogen and oxygen atoms in total. The maximum Gasteiger partial charge on any atom is 0.257 e. The van der Waals surface area contributed by atoms with E-state index >= 15 is 0 Å². The maximum atomic E-state index is 12.9. The molecule has 0 saturated heterocycles. The number of fused-ring (bicyclic) bond motifs is 1. The summed E-state index contributed by atoms with van der Waals surface area (Å²) in [7, 11) is -1.99. The van der Waals surface area contributed by atoms with Crippen LogP contribution in [-0.4, -0.2) is 43.8 Å². The highest BCUT2D eigenvalue weighted by atomic mass is 32.2. The monoisotopic (exact) mass is 513 g/mol. The first kappa shape index (κ1) is 24.9. The van der Waals surface area contributed by atoms with E-state index in [2.05, 4.69) is 10.3 Å². The van der Waals surface area contributed by atoms with E-state index in [1.165, 1.54) is 39.9 Å². The number of anilines is 1. The molecule has 2 aromatic heterocycles. The van der Waals surface area contributed by atoms with Gasteiger partial charge < -0.3 is 9.15 Å². The highest BCUT2D eigenvalue weighted by Gasteiger charge is 2.23. The predicted octanol–water partition coefficient (Wildman–Crippen LogP) is 5.63. The van der Waals surface area contributed by atoms with Crippen LogP contribution in [0, 0.1) is 0 Å². The number of ether oxygens (including phenoxy) is 1. The Morgan fingerprint density at radius 2 is 1.80 bits per heavy atom. The highest BCUT2D eigenvalue weighted by molar-refractivity contribution is 7.89. The third-order valence-electron chi connectivity index (χ3n) is 5.40. The number of nitrogens with one attached hydrogen (secondary N) is 1. The summed E-state index contributed by atoms with van der Waals surface area (Å²) in [5.74, 6) is 0.949. The third-order valence-corrected chi connectivity index (χ3v) is 8.07. The van der Waals surface area contributed by atoms with Gasteiger partial charge in [0.05, 0.1) is 12.0 Å². The molecule has 0 spiro atoms. The molecule has 0 unspecified atom stereocenters. The highest BCUT2D eigenvalue weighted by Crippen LogP contribution is 2.32. The minimum absolute atomic E-state index is 0.175. The molecule has 1 amide bonds. The summed E-state index contributed by atoms with van der Waals surface area (Å²) in [5, 5.41) is 5.88. The van der Waals surface area contributed by atoms with Gasteiger partial charge in [0.1, 0.15) is 17.0 Å². The molecule has 184 valence electrons. The minimum Gasteiger partial charge on any atom is -0.497 e. The van der Waals surface area contributed by atoms with E-state index in [1.54, 1.807) is 12.5 Å². The lowest BCUT2D eigenvalue weighted by Gasteiger charge is -2.21. The van der Waals surface area contributed by atoms with Crippen LogP contribution in [0.4, 0.5) is 5.13 Å². The molecular formula is C25H27N3O5S2. The van der Waals surface area contributed by atoms with Crippen molar-refractivity contribution in [2.45, 2.75) is 31.6 Å². The molecule has 10 heteroatoms. The number of aromatic nitrogens is 1. The number of thiazole rings is 1. The molecule has 4 rings (SSSR count). The van der Waals surface area contributed by atoms with Gasteiger partial charge in [-0.1, -0.05) is 13.8 Å². The van der Waals surface area contributed by atoms with Crippen molar-refractivity contribution in [3.8, 4) is 17.2 Å². The summed E-state index contributed by atoms with van der Waals surface area (Å²) in [6, 6.07) is 13.4. The summed E-state index contributed by atoms with van der Waals surface area (Å²) in [6.07, 6.45) is 1.47. The average Bonchev–Trinajstić information content (AvgIpc) is 3.50. The van der Waals surface area contributed by atoms with Crippen LogP contribution in [0.15, 0.2) is 63.2 Å². The van der Waals surface area contributed by atoms with Crippen molar-refractivity contribution in [1.82, 2.24) is 9.29 Å². The van der Waals surface area contributed by atoms with Crippen molar-refractivity contribution in [3.63, 3.8) is 0 Å². The summed E-state index contributed by atoms with van der Waals surface area (Å²) in [6.45, 7) is 4.81. The van der Waals surface area contributed by atoms with Crippen molar-refractivity contribution in [2.24, 2.45) is 0 Å². The largest absolute Gasteiger partial charge is 0.497 e. The zero-order valence-corrected chi connectivity index (χ0v) is 21.4. The van der Waals surface area contributed by atoms with Crippen molar-refractivity contribution in [3.05, 3.63) is 59.5 Å². The molecule has 0 radical (unpaired) electrons. The Hall–Kier alpha value is -3.21. The Kier molecular flexibility index (Phi) is 7.54. The fourth-order valence-electron chi connectivity index (χ4n) is 3.67. The van der Waals surface area contributed by atoms with Gasteiger partial charge in [-0.15, -0.1) is 11.3 Å². The molecule has 2 aromatic carbocycles. The van der Waals surface area contributed by atoms with Crippen LogP contribution >= 0.6 is 11.3 Å². The Morgan fingerprint density at radius 1 is 1.09 bits per heavy atom. The molecule has 1 N–H and O–H groups in total. The van der Waals surface area contributed by atoms with Gasteiger partial charge in [0.15, 0.2) is 10.9 Å². The van der Waals surface area contributed by atoms with E-state index in [9.17, 15) is 13.2 Å². The molecule has 2 heterocycles. The second kappa shape index (κ2) is 10.6. The molecule has 35 heavy (non-hydrogen) atoms. The van der Waals surface area contributed by atoms with Crippen LogP contribution in [0.3, 0.4) is 0 Å². The van der Waals surface area contributed by atoms with Crippen molar-refractivity contribution in [2.75, 3.05) is 25.5 Å². The second-order valence-corrected chi connectivity index (χ2v) is 10.7. The molecule has 0 aliphatic carbocycles. The number of sulfonamides is 1. The zero-order valence-electron chi connectivity index (χ0n) is 19.8. The smallest absolute Gasteiger partial charge is 0.257 e. The summed E-state index contributed by atoms with van der Waals surface area (Å²) in [4.78, 5) is 17.4. The third kappa shape index (κ3) is 5.39. The van der Waals surface area contributed by atoms with Crippen LogP contribution in [0.2, 0.25) is 0 Å². The van der Waals surface area contributed by atoms with Crippen LogP contribution in [0.5, 0.6) is 5.75 Å². The average molecular weight is 514 g/mol. The number of amides is 1. The van der Waals surface area contributed by atoms with Gasteiger partial charge in [-0.3, -0.25) is 10.1 Å². The molecule has 4 aromatic rings. The first-order chi connectivity index (χ1) is 16.8. The molecule has 0 fully saturated rings. The number of furan rings is 1. The molecule has 0 bridgehead atoms. The fourth-order valence-corrected chi connectivity index (χ4v) is 5.99. The number of benzene rings is 2. The minimum atomic E-state index is -3.60. The Balaban J connectivity index is 1.47. The predicted molar refractivity (Wildman–Crippen MR) is 138 cm³/mol. The van der Waals surface area contributed by atoms with Crippen LogP contribution in [0.25, 0.3) is 22.4 Å². The van der Waals surface area contributed by atoms with Crippen molar-refractivity contribution >= 4 is 43.4 Å². The van der Waals surface area contributed by atoms with Crippen LogP contribution in [-0.2, 0) is 10.0 Å². The first-order valence-electron chi connectivity index (χ1n) is 11.3. The maximum absolute atomic E-state index is 12.9. The topological polar surface area (TPSA) is 102 Å². The van der Waals surface area contributed by atoms with E-state index in [0.717, 1.165) is 24.0 Å². The standard InChI is InChI=1S/C25H27N3O5S2/c1-4-12-28(13-5-2)35(30,31)20-9-6-17(7-10-20)24(29)27-25-26-21(16-34-25)23-15-18-14-19(32-3)8-11-22(18)33-23/h6-11,14-16H,4-5,12-13H2,1-3H3,(H,26,27,29). The summed E-state index contributed by atoms with van der Waals surface area (Å²) in [5.41, 5.74) is 1.66. The Bertz CT molecular complexity index is 1420. The van der Waals surface area contributed by atoms with E-state index in [-0.39, 0.29) is 10.8 Å². The van der Waals surface area contributed by atoms with Gasteiger partial charge in [-0.05, 0) is 61.4 Å². The Morgan fingerprint density at radius 3 is 2.46 bits per heavy atom. The van der Waals surface area contributed by atoms with Crippen molar-refractivity contribution < 1.29 is 22.4 Å². The Labute approximate surface area is 208 Å². The van der Waals surface area contributed by atoms with E-state index in [4.69, 9.17) is 9.15 Å². The number of hydrogen-bond acceptors (Lipinski definition) is 7. The molecule has 0 saturated carbocycles. The lowest BCUT2D eigenvalue weighted by atomic mass is 10.2. The molecular weight excluding hydrogens is 486 g/mol. The normalized spacial score (nSPS) is 11.8. The van der Waals surface area contributed by atoms with Crippen LogP contribution < -0.4 is 10.1 Å². The molecule has 0 aliphatic heterocycles. The zero-order chi connectivity index (χ0) is 25.0. The SMILES string of the molecule is CCCN(CCC)S(=O)(=O)c1ccc(C(=O)Nc2nc(-c3cc4cc(OC)ccc4o3)cs2)cc1. The van der Waals surface area contributed by atoms with E-state index in [1.807, 2.05) is 38.1 Å². The summed E-state index contributed by atoms with van der Waals surface area (Å²) < 4.78 is 38.4. The van der Waals surface area contributed by atoms with Gasteiger partial charge in [0.25, 0.3) is 5.91 Å². The number of methoxy groups -OCH3 is 1.